The maximum atomic E-state index is 6.68. The Morgan fingerprint density at radius 3 is 1.71 bits per heavy atom. The van der Waals surface area contributed by atoms with E-state index in [9.17, 15) is 0 Å². The molecule has 0 aromatic heterocycles. The maximum Gasteiger partial charge on any atom is 0.193 e. The number of allylic oxidation sites excluding steroid dienone is 3. The molecular weight excluding hydrogens is 308 g/mol. The Hall–Kier alpha value is -0.343. The molecule has 0 unspecified atom stereocenters. The van der Waals surface area contributed by atoms with Gasteiger partial charge in [-0.05, 0) is 51.7 Å². The molecule has 0 heterocycles. The standard InChI is InChI=1S/C22H44OSi/c1-7-10-18-24(19-11-8-2,20-12-9-3)23-17-16-22(6)15-13-14-21(4)5/h14,16H,7-13,15,17-20H2,1-6H3/b22-16-. The van der Waals surface area contributed by atoms with Gasteiger partial charge in [0.2, 0.25) is 0 Å². The van der Waals surface area contributed by atoms with Gasteiger partial charge in [0.25, 0.3) is 0 Å². The molecule has 0 amide bonds. The Balaban J connectivity index is 4.66. The maximum absolute atomic E-state index is 6.68. The van der Waals surface area contributed by atoms with E-state index in [2.05, 4.69) is 53.7 Å². The fourth-order valence-electron chi connectivity index (χ4n) is 3.14. The fourth-order valence-corrected chi connectivity index (χ4v) is 7.75. The largest absolute Gasteiger partial charge is 0.413 e. The summed E-state index contributed by atoms with van der Waals surface area (Å²) in [6, 6.07) is 4.11. The van der Waals surface area contributed by atoms with Crippen LogP contribution in [0.15, 0.2) is 23.3 Å². The van der Waals surface area contributed by atoms with Crippen molar-refractivity contribution < 1.29 is 4.43 Å². The first-order valence-corrected chi connectivity index (χ1v) is 13.0. The third-order valence-corrected chi connectivity index (χ3v) is 9.44. The van der Waals surface area contributed by atoms with Gasteiger partial charge in [-0.2, -0.15) is 0 Å². The minimum absolute atomic E-state index is 0.851. The molecule has 0 rings (SSSR count). The summed E-state index contributed by atoms with van der Waals surface area (Å²) < 4.78 is 6.68. The highest BCUT2D eigenvalue weighted by atomic mass is 28.4. The molecule has 0 aliphatic carbocycles. The van der Waals surface area contributed by atoms with Crippen LogP contribution in [0.2, 0.25) is 18.1 Å². The summed E-state index contributed by atoms with van der Waals surface area (Å²) in [5.74, 6) is 0. The van der Waals surface area contributed by atoms with Gasteiger partial charge >= 0.3 is 0 Å². The van der Waals surface area contributed by atoms with Crippen LogP contribution in [0.25, 0.3) is 0 Å². The van der Waals surface area contributed by atoms with Gasteiger partial charge < -0.3 is 4.43 Å². The molecule has 0 saturated carbocycles. The average molecular weight is 353 g/mol. The van der Waals surface area contributed by atoms with E-state index in [0.29, 0.717) is 0 Å². The summed E-state index contributed by atoms with van der Waals surface area (Å²) in [5, 5.41) is 0. The van der Waals surface area contributed by atoms with E-state index >= 15 is 0 Å². The highest BCUT2D eigenvalue weighted by Crippen LogP contribution is 2.29. The highest BCUT2D eigenvalue weighted by molar-refractivity contribution is 6.73. The third-order valence-electron chi connectivity index (χ3n) is 4.87. The Kier molecular flexibility index (Phi) is 14.7. The zero-order valence-corrected chi connectivity index (χ0v) is 18.5. The summed E-state index contributed by atoms with van der Waals surface area (Å²) >= 11 is 0. The lowest BCUT2D eigenvalue weighted by molar-refractivity contribution is 0.334. The SMILES string of the molecule is CCCC[Si](CCCC)(CCCC)OC/C=C(/C)CCC=C(C)C. The fraction of sp³-hybridized carbons (Fsp3) is 0.818. The van der Waals surface area contributed by atoms with Gasteiger partial charge in [-0.15, -0.1) is 0 Å². The number of hydrogen-bond donors (Lipinski definition) is 0. The summed E-state index contributed by atoms with van der Waals surface area (Å²) in [6.07, 6.45) is 15.0. The van der Waals surface area contributed by atoms with E-state index in [1.807, 2.05) is 0 Å². The number of unbranched alkanes of at least 4 members (excludes halogenated alkanes) is 3. The van der Waals surface area contributed by atoms with Crippen molar-refractivity contribution in [3.63, 3.8) is 0 Å². The third kappa shape index (κ3) is 12.1. The van der Waals surface area contributed by atoms with E-state index in [1.54, 1.807) is 0 Å². The summed E-state index contributed by atoms with van der Waals surface area (Å²) in [4.78, 5) is 0. The first-order valence-electron chi connectivity index (χ1n) is 10.4. The zero-order chi connectivity index (χ0) is 18.3. The molecule has 0 fully saturated rings. The molecule has 142 valence electrons. The summed E-state index contributed by atoms with van der Waals surface area (Å²) in [7, 11) is -1.53. The molecule has 0 spiro atoms. The van der Waals surface area contributed by atoms with Crippen LogP contribution in [-0.2, 0) is 4.43 Å². The van der Waals surface area contributed by atoms with Crippen LogP contribution in [0.3, 0.4) is 0 Å². The predicted octanol–water partition coefficient (Wildman–Crippen LogP) is 8.04. The second-order valence-corrected chi connectivity index (χ2v) is 11.8. The van der Waals surface area contributed by atoms with Crippen LogP contribution < -0.4 is 0 Å². The average Bonchev–Trinajstić information content (AvgIpc) is 2.55. The van der Waals surface area contributed by atoms with Crippen molar-refractivity contribution in [1.82, 2.24) is 0 Å². The van der Waals surface area contributed by atoms with E-state index in [-0.39, 0.29) is 0 Å². The normalized spacial score (nSPS) is 12.5. The van der Waals surface area contributed by atoms with Crippen LogP contribution in [0, 0.1) is 0 Å². The van der Waals surface area contributed by atoms with E-state index < -0.39 is 8.32 Å². The topological polar surface area (TPSA) is 9.23 Å². The Morgan fingerprint density at radius 1 is 0.792 bits per heavy atom. The van der Waals surface area contributed by atoms with Crippen LogP contribution in [-0.4, -0.2) is 14.9 Å². The summed E-state index contributed by atoms with van der Waals surface area (Å²) in [5.41, 5.74) is 2.90. The van der Waals surface area contributed by atoms with E-state index in [0.717, 1.165) is 13.0 Å². The lowest BCUT2D eigenvalue weighted by atomic mass is 10.1. The Bertz CT molecular complexity index is 331. The second kappa shape index (κ2) is 15.0. The first-order chi connectivity index (χ1) is 11.5. The van der Waals surface area contributed by atoms with E-state index in [1.165, 1.54) is 74.2 Å². The van der Waals surface area contributed by atoms with Crippen LogP contribution in [0.1, 0.15) is 92.9 Å². The molecule has 0 aromatic carbocycles. The highest BCUT2D eigenvalue weighted by Gasteiger charge is 2.32. The Morgan fingerprint density at radius 2 is 1.29 bits per heavy atom. The van der Waals surface area contributed by atoms with Gasteiger partial charge in [0, 0.05) is 0 Å². The summed E-state index contributed by atoms with van der Waals surface area (Å²) in [6.45, 7) is 14.4. The first kappa shape index (κ1) is 23.7. The predicted molar refractivity (Wildman–Crippen MR) is 113 cm³/mol. The van der Waals surface area contributed by atoms with Crippen molar-refractivity contribution in [2.75, 3.05) is 6.61 Å². The van der Waals surface area contributed by atoms with Crippen molar-refractivity contribution in [3.05, 3.63) is 23.3 Å². The molecule has 2 heteroatoms. The van der Waals surface area contributed by atoms with Crippen molar-refractivity contribution in [2.24, 2.45) is 0 Å². The van der Waals surface area contributed by atoms with Crippen LogP contribution >= 0.6 is 0 Å². The van der Waals surface area contributed by atoms with E-state index in [4.69, 9.17) is 4.43 Å². The molecular formula is C22H44OSi. The minimum Gasteiger partial charge on any atom is -0.413 e. The molecule has 0 bridgehead atoms. The molecule has 0 aliphatic heterocycles. The van der Waals surface area contributed by atoms with Crippen LogP contribution in [0.4, 0.5) is 0 Å². The number of hydrogen-bond acceptors (Lipinski definition) is 1. The van der Waals surface area contributed by atoms with Crippen molar-refractivity contribution >= 4 is 8.32 Å². The lowest BCUT2D eigenvalue weighted by Crippen LogP contribution is -2.38. The van der Waals surface area contributed by atoms with Gasteiger partial charge in [-0.25, -0.2) is 0 Å². The van der Waals surface area contributed by atoms with Crippen molar-refractivity contribution in [3.8, 4) is 0 Å². The molecule has 1 nitrogen and oxygen atoms in total. The molecule has 0 radical (unpaired) electrons. The second-order valence-electron chi connectivity index (χ2n) is 7.68. The van der Waals surface area contributed by atoms with Gasteiger partial charge in [0.15, 0.2) is 8.32 Å². The van der Waals surface area contributed by atoms with Crippen LogP contribution in [0.5, 0.6) is 0 Å². The van der Waals surface area contributed by atoms with Gasteiger partial charge in [0.05, 0.1) is 6.61 Å². The molecule has 0 atom stereocenters. The molecule has 0 N–H and O–H groups in total. The molecule has 0 aromatic rings. The lowest BCUT2D eigenvalue weighted by Gasteiger charge is -2.31. The number of rotatable bonds is 15. The smallest absolute Gasteiger partial charge is 0.193 e. The van der Waals surface area contributed by atoms with Crippen molar-refractivity contribution in [2.45, 2.75) is 111 Å². The van der Waals surface area contributed by atoms with Gasteiger partial charge in [0.1, 0.15) is 0 Å². The molecule has 0 saturated heterocycles. The Labute approximate surface area is 154 Å². The van der Waals surface area contributed by atoms with Crippen molar-refractivity contribution in [1.29, 1.82) is 0 Å². The molecule has 24 heavy (non-hydrogen) atoms. The van der Waals surface area contributed by atoms with Gasteiger partial charge in [-0.3, -0.25) is 0 Å². The quantitative estimate of drug-likeness (QED) is 0.214. The minimum atomic E-state index is -1.53. The van der Waals surface area contributed by atoms with Gasteiger partial charge in [-0.1, -0.05) is 82.6 Å². The monoisotopic (exact) mass is 352 g/mol. The zero-order valence-electron chi connectivity index (χ0n) is 17.5. The molecule has 0 aliphatic rings.